The van der Waals surface area contributed by atoms with E-state index in [9.17, 15) is 8.42 Å². The van der Waals surface area contributed by atoms with Crippen molar-refractivity contribution in [3.63, 3.8) is 0 Å². The zero-order chi connectivity index (χ0) is 13.2. The molecular formula is C11H23N3O2S2. The fourth-order valence-corrected chi connectivity index (χ4v) is 5.62. The SMILES string of the molecule is CC1CSCCN1S(=O)(=O)N1CCC(CN)CC1. The molecule has 1 atom stereocenters. The first-order valence-electron chi connectivity index (χ1n) is 6.60. The van der Waals surface area contributed by atoms with Crippen molar-refractivity contribution in [1.82, 2.24) is 8.61 Å². The van der Waals surface area contributed by atoms with Gasteiger partial charge in [-0.2, -0.15) is 28.8 Å². The van der Waals surface area contributed by atoms with E-state index in [1.54, 1.807) is 8.61 Å². The fourth-order valence-electron chi connectivity index (χ4n) is 2.58. The molecule has 2 N–H and O–H groups in total. The largest absolute Gasteiger partial charge is 0.330 e. The highest BCUT2D eigenvalue weighted by Gasteiger charge is 2.36. The number of rotatable bonds is 3. The molecule has 0 aliphatic carbocycles. The molecule has 7 heteroatoms. The first-order chi connectivity index (χ1) is 8.55. The van der Waals surface area contributed by atoms with Crippen LogP contribution in [0, 0.1) is 5.92 Å². The normalized spacial score (nSPS) is 29.6. The minimum atomic E-state index is -3.25. The van der Waals surface area contributed by atoms with Crippen LogP contribution in [0.3, 0.4) is 0 Å². The molecule has 0 saturated carbocycles. The van der Waals surface area contributed by atoms with Gasteiger partial charge in [-0.05, 0) is 32.2 Å². The molecule has 0 aromatic rings. The van der Waals surface area contributed by atoms with Gasteiger partial charge in [0.1, 0.15) is 0 Å². The van der Waals surface area contributed by atoms with E-state index >= 15 is 0 Å². The highest BCUT2D eigenvalue weighted by molar-refractivity contribution is 7.99. The lowest BCUT2D eigenvalue weighted by atomic mass is 9.99. The second kappa shape index (κ2) is 6.09. The molecule has 2 fully saturated rings. The third-order valence-electron chi connectivity index (χ3n) is 3.84. The summed E-state index contributed by atoms with van der Waals surface area (Å²) in [7, 11) is -3.25. The van der Waals surface area contributed by atoms with E-state index < -0.39 is 10.2 Å². The van der Waals surface area contributed by atoms with Crippen molar-refractivity contribution in [2.24, 2.45) is 11.7 Å². The van der Waals surface area contributed by atoms with Gasteiger partial charge in [-0.1, -0.05) is 0 Å². The molecule has 0 aromatic heterocycles. The van der Waals surface area contributed by atoms with Gasteiger partial charge in [-0.25, -0.2) is 0 Å². The number of nitrogens with zero attached hydrogens (tertiary/aromatic N) is 2. The molecule has 2 saturated heterocycles. The van der Waals surface area contributed by atoms with Crippen LogP contribution in [0.1, 0.15) is 19.8 Å². The van der Waals surface area contributed by atoms with Crippen LogP contribution in [0.15, 0.2) is 0 Å². The molecule has 0 aromatic carbocycles. The predicted octanol–water partition coefficient (Wildman–Crippen LogP) is 0.339. The Bertz CT molecular complexity index is 366. The number of thioether (sulfide) groups is 1. The Hall–Kier alpha value is 0.180. The summed E-state index contributed by atoms with van der Waals surface area (Å²) in [5, 5.41) is 0. The van der Waals surface area contributed by atoms with Gasteiger partial charge in [0.15, 0.2) is 0 Å². The minimum absolute atomic E-state index is 0.112. The van der Waals surface area contributed by atoms with Crippen molar-refractivity contribution in [1.29, 1.82) is 0 Å². The maximum Gasteiger partial charge on any atom is 0.282 e. The zero-order valence-corrected chi connectivity index (χ0v) is 12.5. The van der Waals surface area contributed by atoms with Crippen LogP contribution in [0.2, 0.25) is 0 Å². The molecule has 2 aliphatic rings. The van der Waals surface area contributed by atoms with Gasteiger partial charge in [0.05, 0.1) is 0 Å². The summed E-state index contributed by atoms with van der Waals surface area (Å²) in [6.45, 7) is 4.56. The van der Waals surface area contributed by atoms with E-state index in [-0.39, 0.29) is 6.04 Å². The van der Waals surface area contributed by atoms with Gasteiger partial charge in [0.25, 0.3) is 10.2 Å². The van der Waals surface area contributed by atoms with E-state index in [1.807, 2.05) is 18.7 Å². The molecule has 2 rings (SSSR count). The van der Waals surface area contributed by atoms with Crippen molar-refractivity contribution >= 4 is 22.0 Å². The van der Waals surface area contributed by atoms with E-state index in [2.05, 4.69) is 0 Å². The van der Waals surface area contributed by atoms with Gasteiger partial charge in [0, 0.05) is 37.2 Å². The minimum Gasteiger partial charge on any atom is -0.330 e. The van der Waals surface area contributed by atoms with E-state index in [0.717, 1.165) is 24.3 Å². The molecule has 0 radical (unpaired) electrons. The third kappa shape index (κ3) is 3.01. The maximum atomic E-state index is 12.6. The first-order valence-corrected chi connectivity index (χ1v) is 9.15. The second-order valence-electron chi connectivity index (χ2n) is 5.12. The van der Waals surface area contributed by atoms with E-state index in [4.69, 9.17) is 5.73 Å². The number of piperidine rings is 1. The Morgan fingerprint density at radius 2 is 1.94 bits per heavy atom. The molecule has 0 amide bonds. The average Bonchev–Trinajstić information content (AvgIpc) is 2.39. The van der Waals surface area contributed by atoms with Gasteiger partial charge in [-0.3, -0.25) is 0 Å². The maximum absolute atomic E-state index is 12.6. The van der Waals surface area contributed by atoms with Crippen molar-refractivity contribution in [2.45, 2.75) is 25.8 Å². The third-order valence-corrected chi connectivity index (χ3v) is 7.18. The van der Waals surface area contributed by atoms with Crippen molar-refractivity contribution in [3.05, 3.63) is 0 Å². The van der Waals surface area contributed by atoms with Crippen LogP contribution in [0.25, 0.3) is 0 Å². The summed E-state index contributed by atoms with van der Waals surface area (Å²) in [5.74, 6) is 2.30. The van der Waals surface area contributed by atoms with Gasteiger partial charge >= 0.3 is 0 Å². The van der Waals surface area contributed by atoms with Crippen LogP contribution in [0.4, 0.5) is 0 Å². The first kappa shape index (κ1) is 14.6. The van der Waals surface area contributed by atoms with Gasteiger partial charge < -0.3 is 5.73 Å². The lowest BCUT2D eigenvalue weighted by molar-refractivity contribution is 0.249. The molecule has 1 unspecified atom stereocenters. The molecule has 2 heterocycles. The standard InChI is InChI=1S/C11H23N3O2S2/c1-10-9-17-7-6-14(10)18(15,16)13-4-2-11(8-12)3-5-13/h10-11H,2-9,12H2,1H3. The molecule has 5 nitrogen and oxygen atoms in total. The van der Waals surface area contributed by atoms with Crippen LogP contribution in [-0.4, -0.2) is 60.8 Å². The molecule has 0 spiro atoms. The monoisotopic (exact) mass is 293 g/mol. The smallest absolute Gasteiger partial charge is 0.282 e. The summed E-state index contributed by atoms with van der Waals surface area (Å²) < 4.78 is 28.4. The lowest BCUT2D eigenvalue weighted by Crippen LogP contribution is -2.53. The highest BCUT2D eigenvalue weighted by Crippen LogP contribution is 2.25. The summed E-state index contributed by atoms with van der Waals surface area (Å²) in [5.41, 5.74) is 5.64. The number of hydrogen-bond acceptors (Lipinski definition) is 4. The summed E-state index contributed by atoms with van der Waals surface area (Å²) in [6, 6.07) is 0.112. The summed E-state index contributed by atoms with van der Waals surface area (Å²) >= 11 is 1.83. The van der Waals surface area contributed by atoms with Crippen LogP contribution >= 0.6 is 11.8 Å². The average molecular weight is 293 g/mol. The van der Waals surface area contributed by atoms with Crippen molar-refractivity contribution < 1.29 is 8.42 Å². The Morgan fingerprint density at radius 3 is 2.50 bits per heavy atom. The highest BCUT2D eigenvalue weighted by atomic mass is 32.2. The fraction of sp³-hybridized carbons (Fsp3) is 1.00. The van der Waals surface area contributed by atoms with Crippen molar-refractivity contribution in [3.8, 4) is 0 Å². The predicted molar refractivity (Wildman–Crippen MR) is 75.8 cm³/mol. The molecule has 18 heavy (non-hydrogen) atoms. The molecule has 0 bridgehead atoms. The second-order valence-corrected chi connectivity index (χ2v) is 8.15. The van der Waals surface area contributed by atoms with E-state index in [1.165, 1.54) is 0 Å². The Kier molecular flexibility index (Phi) is 4.93. The summed E-state index contributed by atoms with van der Waals surface area (Å²) in [4.78, 5) is 0. The van der Waals surface area contributed by atoms with Crippen LogP contribution < -0.4 is 5.73 Å². The lowest BCUT2D eigenvalue weighted by Gasteiger charge is -2.38. The van der Waals surface area contributed by atoms with Gasteiger partial charge in [0.2, 0.25) is 0 Å². The van der Waals surface area contributed by atoms with Crippen LogP contribution in [0.5, 0.6) is 0 Å². The van der Waals surface area contributed by atoms with Crippen molar-refractivity contribution in [2.75, 3.05) is 37.7 Å². The Labute approximate surface area is 114 Å². The van der Waals surface area contributed by atoms with Gasteiger partial charge in [-0.15, -0.1) is 0 Å². The number of nitrogens with two attached hydrogens (primary N) is 1. The summed E-state index contributed by atoms with van der Waals surface area (Å²) in [6.07, 6.45) is 1.79. The van der Waals surface area contributed by atoms with Crippen LogP contribution in [-0.2, 0) is 10.2 Å². The number of hydrogen-bond donors (Lipinski definition) is 1. The van der Waals surface area contributed by atoms with E-state index in [0.29, 0.717) is 32.1 Å². The molecular weight excluding hydrogens is 270 g/mol. The topological polar surface area (TPSA) is 66.6 Å². The Balaban J connectivity index is 2.02. The Morgan fingerprint density at radius 1 is 1.28 bits per heavy atom. The quantitative estimate of drug-likeness (QED) is 0.815. The molecule has 106 valence electrons. The zero-order valence-electron chi connectivity index (χ0n) is 10.9. The molecule has 2 aliphatic heterocycles.